The van der Waals surface area contributed by atoms with E-state index < -0.39 is 0 Å². The van der Waals surface area contributed by atoms with Gasteiger partial charge in [-0.1, -0.05) is 52.0 Å². The molecule has 28 heavy (non-hydrogen) atoms. The van der Waals surface area contributed by atoms with Crippen molar-refractivity contribution < 1.29 is 14.3 Å². The van der Waals surface area contributed by atoms with Gasteiger partial charge in [-0.15, -0.1) is 0 Å². The van der Waals surface area contributed by atoms with E-state index in [9.17, 15) is 4.79 Å². The number of esters is 1. The van der Waals surface area contributed by atoms with Gasteiger partial charge in [0.1, 0.15) is 5.75 Å². The van der Waals surface area contributed by atoms with Gasteiger partial charge < -0.3 is 14.8 Å². The summed E-state index contributed by atoms with van der Waals surface area (Å²) in [5.74, 6) is 0.687. The average molecular weight is 386 g/mol. The van der Waals surface area contributed by atoms with Gasteiger partial charge in [0.05, 0.1) is 19.8 Å². The fourth-order valence-electron chi connectivity index (χ4n) is 3.26. The summed E-state index contributed by atoms with van der Waals surface area (Å²) in [6, 6.07) is 14.3. The maximum atomic E-state index is 11.5. The van der Waals surface area contributed by atoms with Crippen molar-refractivity contribution in [2.45, 2.75) is 59.5 Å². The quantitative estimate of drug-likeness (QED) is 0.720. The van der Waals surface area contributed by atoms with Crippen molar-refractivity contribution in [3.05, 3.63) is 64.7 Å². The fraction of sp³-hybridized carbons (Fsp3) is 0.458. The van der Waals surface area contributed by atoms with Crippen LogP contribution in [-0.4, -0.2) is 26.2 Å². The minimum atomic E-state index is -0.300. The van der Waals surface area contributed by atoms with E-state index in [2.05, 4.69) is 17.4 Å². The molecule has 4 heteroatoms. The van der Waals surface area contributed by atoms with Gasteiger partial charge in [0.15, 0.2) is 0 Å². The average Bonchev–Trinajstić information content (AvgIpc) is 2.79. The largest absolute Gasteiger partial charge is 0.496 e. The Kier molecular flexibility index (Phi) is 11.0. The molecule has 0 saturated heterocycles. The van der Waals surface area contributed by atoms with Crippen molar-refractivity contribution >= 4 is 5.97 Å². The number of nitrogens with one attached hydrogen (secondary N) is 1. The molecule has 0 aliphatic heterocycles. The molecule has 0 spiro atoms. The molecule has 2 aromatic rings. The Morgan fingerprint density at radius 1 is 1.04 bits per heavy atom. The molecule has 1 unspecified atom stereocenters. The van der Waals surface area contributed by atoms with E-state index in [4.69, 9.17) is 9.47 Å². The molecule has 0 amide bonds. The van der Waals surface area contributed by atoms with E-state index in [1.165, 1.54) is 18.2 Å². The van der Waals surface area contributed by atoms with Crippen LogP contribution in [0.3, 0.4) is 0 Å². The number of carbonyl (C=O) groups is 1. The summed E-state index contributed by atoms with van der Waals surface area (Å²) in [6.07, 6.45) is 3.19. The molecule has 0 saturated carbocycles. The zero-order chi connectivity index (χ0) is 20.9. The van der Waals surface area contributed by atoms with Crippen molar-refractivity contribution in [3.8, 4) is 5.75 Å². The SMILES string of the molecule is CC.CC.COC(=O)c1ccc(CNC2CCc3cccc(OC)c3C2)cc1. The maximum Gasteiger partial charge on any atom is 0.337 e. The summed E-state index contributed by atoms with van der Waals surface area (Å²) < 4.78 is 10.2. The third kappa shape index (κ3) is 6.38. The van der Waals surface area contributed by atoms with Gasteiger partial charge in [-0.3, -0.25) is 0 Å². The van der Waals surface area contributed by atoms with Crippen molar-refractivity contribution in [1.29, 1.82) is 0 Å². The number of methoxy groups -OCH3 is 2. The van der Waals surface area contributed by atoms with Crippen LogP contribution in [0.4, 0.5) is 0 Å². The predicted molar refractivity (Wildman–Crippen MR) is 116 cm³/mol. The third-order valence-electron chi connectivity index (χ3n) is 4.63. The second-order valence-electron chi connectivity index (χ2n) is 6.11. The van der Waals surface area contributed by atoms with Gasteiger partial charge in [0.25, 0.3) is 0 Å². The normalized spacial score (nSPS) is 14.4. The first-order valence-corrected chi connectivity index (χ1v) is 10.3. The second-order valence-corrected chi connectivity index (χ2v) is 6.11. The Morgan fingerprint density at radius 3 is 2.32 bits per heavy atom. The number of rotatable bonds is 5. The maximum absolute atomic E-state index is 11.5. The van der Waals surface area contributed by atoms with Gasteiger partial charge in [-0.05, 0) is 54.2 Å². The highest BCUT2D eigenvalue weighted by atomic mass is 16.5. The molecule has 3 rings (SSSR count). The number of hydrogen-bond acceptors (Lipinski definition) is 4. The topological polar surface area (TPSA) is 47.6 Å². The molecule has 4 nitrogen and oxygen atoms in total. The van der Waals surface area contributed by atoms with E-state index in [-0.39, 0.29) is 5.97 Å². The highest BCUT2D eigenvalue weighted by Crippen LogP contribution is 2.29. The lowest BCUT2D eigenvalue weighted by Gasteiger charge is -2.27. The molecule has 0 aromatic heterocycles. The monoisotopic (exact) mass is 385 g/mol. The molecule has 0 heterocycles. The van der Waals surface area contributed by atoms with E-state index in [0.29, 0.717) is 11.6 Å². The van der Waals surface area contributed by atoms with Gasteiger partial charge in [-0.2, -0.15) is 0 Å². The van der Waals surface area contributed by atoms with Gasteiger partial charge in [-0.25, -0.2) is 4.79 Å². The second kappa shape index (κ2) is 12.9. The summed E-state index contributed by atoms with van der Waals surface area (Å²) in [5, 5.41) is 3.62. The number of ether oxygens (including phenoxy) is 2. The number of benzene rings is 2. The molecule has 154 valence electrons. The van der Waals surface area contributed by atoms with Crippen molar-refractivity contribution in [2.24, 2.45) is 0 Å². The molecule has 1 N–H and O–H groups in total. The molecule has 2 aromatic carbocycles. The first kappa shape index (κ1) is 23.7. The molecule has 1 aliphatic carbocycles. The van der Waals surface area contributed by atoms with Crippen LogP contribution in [0.25, 0.3) is 0 Å². The van der Waals surface area contributed by atoms with Crippen LogP contribution in [0.15, 0.2) is 42.5 Å². The molecular formula is C24H35NO3. The van der Waals surface area contributed by atoms with E-state index >= 15 is 0 Å². The highest BCUT2D eigenvalue weighted by Gasteiger charge is 2.21. The lowest BCUT2D eigenvalue weighted by molar-refractivity contribution is 0.0600. The van der Waals surface area contributed by atoms with Crippen LogP contribution in [0, 0.1) is 0 Å². The van der Waals surface area contributed by atoms with Crippen LogP contribution in [0.1, 0.15) is 61.2 Å². The number of fused-ring (bicyclic) bond motifs is 1. The molecule has 1 atom stereocenters. The molecule has 1 aliphatic rings. The number of aryl methyl sites for hydroxylation is 1. The summed E-state index contributed by atoms with van der Waals surface area (Å²) >= 11 is 0. The smallest absolute Gasteiger partial charge is 0.337 e. The molecule has 0 radical (unpaired) electrons. The van der Waals surface area contributed by atoms with Gasteiger partial charge in [0.2, 0.25) is 0 Å². The van der Waals surface area contributed by atoms with E-state index in [0.717, 1.165) is 37.1 Å². The van der Waals surface area contributed by atoms with Gasteiger partial charge >= 0.3 is 5.97 Å². The van der Waals surface area contributed by atoms with Crippen molar-refractivity contribution in [2.75, 3.05) is 14.2 Å². The zero-order valence-electron chi connectivity index (χ0n) is 18.2. The summed E-state index contributed by atoms with van der Waals surface area (Å²) in [5.41, 5.74) is 4.46. The van der Waals surface area contributed by atoms with Crippen molar-refractivity contribution in [1.82, 2.24) is 5.32 Å². The Bertz CT molecular complexity index is 696. The first-order valence-electron chi connectivity index (χ1n) is 10.3. The third-order valence-corrected chi connectivity index (χ3v) is 4.63. The van der Waals surface area contributed by atoms with Crippen LogP contribution in [0.2, 0.25) is 0 Å². The molecular weight excluding hydrogens is 350 g/mol. The minimum absolute atomic E-state index is 0.300. The van der Waals surface area contributed by atoms with Crippen LogP contribution in [0.5, 0.6) is 5.75 Å². The Morgan fingerprint density at radius 2 is 1.71 bits per heavy atom. The number of carbonyl (C=O) groups excluding carboxylic acids is 1. The summed E-state index contributed by atoms with van der Waals surface area (Å²) in [6.45, 7) is 8.79. The van der Waals surface area contributed by atoms with Crippen LogP contribution in [-0.2, 0) is 24.1 Å². The lowest BCUT2D eigenvalue weighted by atomic mass is 9.87. The first-order chi connectivity index (χ1) is 13.7. The van der Waals surface area contributed by atoms with E-state index in [1.807, 2.05) is 58.0 Å². The standard InChI is InChI=1S/C20H23NO3.2C2H6/c1-23-19-5-3-4-15-10-11-17(12-18(15)19)21-13-14-6-8-16(9-7-14)20(22)24-2;2*1-2/h3-9,17,21H,10-13H2,1-2H3;2*1-2H3. The van der Waals surface area contributed by atoms with Crippen LogP contribution >= 0.6 is 0 Å². The summed E-state index contributed by atoms with van der Waals surface area (Å²) in [7, 11) is 3.13. The summed E-state index contributed by atoms with van der Waals surface area (Å²) in [4.78, 5) is 11.5. The fourth-order valence-corrected chi connectivity index (χ4v) is 3.26. The van der Waals surface area contributed by atoms with E-state index in [1.54, 1.807) is 7.11 Å². The van der Waals surface area contributed by atoms with Crippen molar-refractivity contribution in [3.63, 3.8) is 0 Å². The van der Waals surface area contributed by atoms with Gasteiger partial charge in [0, 0.05) is 12.6 Å². The Balaban J connectivity index is 0.000000921. The number of hydrogen-bond donors (Lipinski definition) is 1. The lowest BCUT2D eigenvalue weighted by Crippen LogP contribution is -2.34. The Hall–Kier alpha value is -2.33. The minimum Gasteiger partial charge on any atom is -0.496 e. The molecule has 0 bridgehead atoms. The predicted octanol–water partition coefficient (Wildman–Crippen LogP) is 5.18. The van der Waals surface area contributed by atoms with Crippen LogP contribution < -0.4 is 10.1 Å². The highest BCUT2D eigenvalue weighted by molar-refractivity contribution is 5.89. The zero-order valence-corrected chi connectivity index (χ0v) is 18.2. The molecule has 0 fully saturated rings. The Labute approximate surface area is 170 Å².